The van der Waals surface area contributed by atoms with Crippen LogP contribution in [0.3, 0.4) is 0 Å². The first-order chi connectivity index (χ1) is 8.69. The van der Waals surface area contributed by atoms with Gasteiger partial charge in [0, 0.05) is 18.5 Å². The molecular weight excluding hydrogens is 224 g/mol. The summed E-state index contributed by atoms with van der Waals surface area (Å²) in [7, 11) is 0. The standard InChI is InChI=1S/C14H24N4/c1-3-6-13-17-12(15)9-14(18-13)16-10(2)11-7-4-5-8-11/h9-11H,3-8H2,1-2H3,(H3,15,16,17,18). The van der Waals surface area contributed by atoms with Crippen molar-refractivity contribution in [2.75, 3.05) is 11.1 Å². The van der Waals surface area contributed by atoms with Crippen molar-refractivity contribution < 1.29 is 0 Å². The summed E-state index contributed by atoms with van der Waals surface area (Å²) < 4.78 is 0. The number of aromatic nitrogens is 2. The second-order valence-corrected chi connectivity index (χ2v) is 5.32. The largest absolute Gasteiger partial charge is 0.384 e. The Morgan fingerprint density at radius 3 is 2.78 bits per heavy atom. The van der Waals surface area contributed by atoms with Gasteiger partial charge >= 0.3 is 0 Å². The van der Waals surface area contributed by atoms with E-state index in [2.05, 4.69) is 29.1 Å². The Hall–Kier alpha value is -1.32. The zero-order chi connectivity index (χ0) is 13.0. The minimum absolute atomic E-state index is 0.469. The minimum Gasteiger partial charge on any atom is -0.384 e. The van der Waals surface area contributed by atoms with Gasteiger partial charge in [-0.1, -0.05) is 19.8 Å². The molecule has 1 fully saturated rings. The highest BCUT2D eigenvalue weighted by molar-refractivity contribution is 5.45. The lowest BCUT2D eigenvalue weighted by atomic mass is 10.00. The van der Waals surface area contributed by atoms with E-state index in [1.54, 1.807) is 0 Å². The summed E-state index contributed by atoms with van der Waals surface area (Å²) in [4.78, 5) is 8.79. The van der Waals surface area contributed by atoms with Gasteiger partial charge in [0.1, 0.15) is 17.5 Å². The van der Waals surface area contributed by atoms with E-state index in [1.165, 1.54) is 25.7 Å². The summed E-state index contributed by atoms with van der Waals surface area (Å²) in [6, 6.07) is 2.31. The lowest BCUT2D eigenvalue weighted by Crippen LogP contribution is -2.24. The second kappa shape index (κ2) is 6.03. The van der Waals surface area contributed by atoms with E-state index in [1.807, 2.05) is 6.07 Å². The van der Waals surface area contributed by atoms with E-state index in [-0.39, 0.29) is 0 Å². The number of anilines is 2. The fourth-order valence-electron chi connectivity index (χ4n) is 2.74. The molecule has 4 heteroatoms. The maximum atomic E-state index is 5.83. The molecule has 3 N–H and O–H groups in total. The van der Waals surface area contributed by atoms with E-state index < -0.39 is 0 Å². The van der Waals surface area contributed by atoms with E-state index in [4.69, 9.17) is 5.73 Å². The van der Waals surface area contributed by atoms with Crippen molar-refractivity contribution in [3.8, 4) is 0 Å². The highest BCUT2D eigenvalue weighted by atomic mass is 15.1. The number of nitrogen functional groups attached to an aromatic ring is 1. The first-order valence-corrected chi connectivity index (χ1v) is 7.09. The van der Waals surface area contributed by atoms with Crippen molar-refractivity contribution in [2.24, 2.45) is 5.92 Å². The lowest BCUT2D eigenvalue weighted by Gasteiger charge is -2.21. The van der Waals surface area contributed by atoms with Crippen LogP contribution in [0.2, 0.25) is 0 Å². The van der Waals surface area contributed by atoms with Crippen LogP contribution in [0.5, 0.6) is 0 Å². The van der Waals surface area contributed by atoms with Gasteiger partial charge in [-0.2, -0.15) is 0 Å². The number of nitrogens with zero attached hydrogens (tertiary/aromatic N) is 2. The molecule has 0 saturated heterocycles. The lowest BCUT2D eigenvalue weighted by molar-refractivity contribution is 0.481. The van der Waals surface area contributed by atoms with E-state index >= 15 is 0 Å². The molecule has 0 radical (unpaired) electrons. The Labute approximate surface area is 109 Å². The first kappa shape index (κ1) is 13.1. The third-order valence-electron chi connectivity index (χ3n) is 3.75. The molecule has 1 heterocycles. The Morgan fingerprint density at radius 2 is 2.11 bits per heavy atom. The van der Waals surface area contributed by atoms with Gasteiger partial charge in [0.2, 0.25) is 0 Å². The van der Waals surface area contributed by atoms with Gasteiger partial charge in [-0.25, -0.2) is 9.97 Å². The molecule has 0 bridgehead atoms. The maximum Gasteiger partial charge on any atom is 0.133 e. The molecule has 1 unspecified atom stereocenters. The van der Waals surface area contributed by atoms with Crippen LogP contribution in [0.1, 0.15) is 51.8 Å². The van der Waals surface area contributed by atoms with Gasteiger partial charge in [-0.3, -0.25) is 0 Å². The number of rotatable bonds is 5. The molecule has 2 rings (SSSR count). The summed E-state index contributed by atoms with van der Waals surface area (Å²) in [5, 5.41) is 3.49. The fourth-order valence-corrected chi connectivity index (χ4v) is 2.74. The van der Waals surface area contributed by atoms with Gasteiger partial charge < -0.3 is 11.1 Å². The van der Waals surface area contributed by atoms with Crippen LogP contribution in [0.4, 0.5) is 11.6 Å². The molecule has 0 amide bonds. The predicted octanol–water partition coefficient (Wildman–Crippen LogP) is 3.00. The quantitative estimate of drug-likeness (QED) is 0.840. The molecule has 0 spiro atoms. The molecule has 4 nitrogen and oxygen atoms in total. The molecule has 18 heavy (non-hydrogen) atoms. The van der Waals surface area contributed by atoms with Gasteiger partial charge in [0.15, 0.2) is 0 Å². The van der Waals surface area contributed by atoms with Crippen molar-refractivity contribution in [1.29, 1.82) is 0 Å². The van der Waals surface area contributed by atoms with Gasteiger partial charge in [0.25, 0.3) is 0 Å². The Kier molecular flexibility index (Phi) is 4.39. The number of nitrogens with two attached hydrogens (primary N) is 1. The van der Waals surface area contributed by atoms with Crippen LogP contribution in [0.25, 0.3) is 0 Å². The van der Waals surface area contributed by atoms with Crippen LogP contribution >= 0.6 is 0 Å². The third kappa shape index (κ3) is 3.34. The summed E-state index contributed by atoms with van der Waals surface area (Å²) in [5.74, 6) is 3.06. The van der Waals surface area contributed by atoms with Crippen LogP contribution in [-0.2, 0) is 6.42 Å². The number of hydrogen-bond donors (Lipinski definition) is 2. The Balaban J connectivity index is 2.03. The average molecular weight is 248 g/mol. The van der Waals surface area contributed by atoms with E-state index in [0.717, 1.165) is 30.4 Å². The molecule has 1 atom stereocenters. The van der Waals surface area contributed by atoms with Gasteiger partial charge in [-0.15, -0.1) is 0 Å². The molecule has 0 aromatic carbocycles. The molecule has 1 saturated carbocycles. The van der Waals surface area contributed by atoms with Crippen molar-refractivity contribution >= 4 is 11.6 Å². The summed E-state index contributed by atoms with van der Waals surface area (Å²) >= 11 is 0. The van der Waals surface area contributed by atoms with Crippen molar-refractivity contribution in [3.63, 3.8) is 0 Å². The normalized spacial score (nSPS) is 17.9. The number of aryl methyl sites for hydroxylation is 1. The molecule has 1 aliphatic carbocycles. The van der Waals surface area contributed by atoms with Crippen LogP contribution in [0, 0.1) is 5.92 Å². The Bertz CT molecular complexity index is 385. The van der Waals surface area contributed by atoms with E-state index in [9.17, 15) is 0 Å². The Morgan fingerprint density at radius 1 is 1.39 bits per heavy atom. The third-order valence-corrected chi connectivity index (χ3v) is 3.75. The maximum absolute atomic E-state index is 5.83. The molecule has 0 aliphatic heterocycles. The van der Waals surface area contributed by atoms with Crippen LogP contribution in [0.15, 0.2) is 6.07 Å². The first-order valence-electron chi connectivity index (χ1n) is 7.09. The van der Waals surface area contributed by atoms with E-state index in [0.29, 0.717) is 11.9 Å². The highest BCUT2D eigenvalue weighted by Gasteiger charge is 2.21. The zero-order valence-electron chi connectivity index (χ0n) is 11.4. The molecule has 100 valence electrons. The number of hydrogen-bond acceptors (Lipinski definition) is 4. The van der Waals surface area contributed by atoms with Gasteiger partial charge in [0.05, 0.1) is 0 Å². The topological polar surface area (TPSA) is 63.8 Å². The second-order valence-electron chi connectivity index (χ2n) is 5.32. The highest BCUT2D eigenvalue weighted by Crippen LogP contribution is 2.29. The van der Waals surface area contributed by atoms with Crippen molar-refractivity contribution in [2.45, 2.75) is 58.4 Å². The predicted molar refractivity (Wildman–Crippen MR) is 75.5 cm³/mol. The summed E-state index contributed by atoms with van der Waals surface area (Å²) in [6.45, 7) is 4.37. The zero-order valence-corrected chi connectivity index (χ0v) is 11.4. The molecular formula is C14H24N4. The molecule has 1 aromatic rings. The SMILES string of the molecule is CCCc1nc(N)cc(NC(C)C2CCCC2)n1. The average Bonchev–Trinajstić information content (AvgIpc) is 2.81. The van der Waals surface area contributed by atoms with Crippen molar-refractivity contribution in [3.05, 3.63) is 11.9 Å². The summed E-state index contributed by atoms with van der Waals surface area (Å²) in [6.07, 6.45) is 7.32. The molecule has 1 aliphatic rings. The number of nitrogens with one attached hydrogen (secondary N) is 1. The monoisotopic (exact) mass is 248 g/mol. The van der Waals surface area contributed by atoms with Crippen LogP contribution in [-0.4, -0.2) is 16.0 Å². The fraction of sp³-hybridized carbons (Fsp3) is 0.714. The summed E-state index contributed by atoms with van der Waals surface area (Å²) in [5.41, 5.74) is 5.83. The van der Waals surface area contributed by atoms with Crippen molar-refractivity contribution in [1.82, 2.24) is 9.97 Å². The van der Waals surface area contributed by atoms with Gasteiger partial charge in [-0.05, 0) is 32.1 Å². The van der Waals surface area contributed by atoms with Crippen LogP contribution < -0.4 is 11.1 Å². The molecule has 1 aromatic heterocycles. The smallest absolute Gasteiger partial charge is 0.133 e. The minimum atomic E-state index is 0.469.